The number of nitrogens with zero attached hydrogens (tertiary/aromatic N) is 2. The lowest BCUT2D eigenvalue weighted by atomic mass is 10.1. The first-order valence-corrected chi connectivity index (χ1v) is 12.9. The van der Waals surface area contributed by atoms with Crippen LogP contribution >= 0.6 is 11.3 Å². The van der Waals surface area contributed by atoms with Crippen LogP contribution in [-0.2, 0) is 35.0 Å². The zero-order valence-corrected chi connectivity index (χ0v) is 21.8. The second-order valence-corrected chi connectivity index (χ2v) is 9.77. The number of unbranched alkanes of at least 4 members (excludes halogenated alkanes) is 1. The number of carbonyl (C=O) groups is 2. The molecule has 39 heavy (non-hydrogen) atoms. The largest absolute Gasteiger partial charge is 0.416 e. The Morgan fingerprint density at radius 1 is 0.897 bits per heavy atom. The van der Waals surface area contributed by atoms with Crippen molar-refractivity contribution >= 4 is 28.3 Å². The summed E-state index contributed by atoms with van der Waals surface area (Å²) in [5.41, 5.74) is 12.7. The summed E-state index contributed by atoms with van der Waals surface area (Å²) in [6, 6.07) is 14.0. The molecule has 2 aromatic carbocycles. The van der Waals surface area contributed by atoms with Crippen LogP contribution in [0.3, 0.4) is 0 Å². The normalized spacial score (nSPS) is 12.3. The molecule has 0 saturated carbocycles. The molecule has 0 unspecified atom stereocenters. The highest BCUT2D eigenvalue weighted by Crippen LogP contribution is 2.29. The maximum atomic E-state index is 12.8. The second kappa shape index (κ2) is 14.1. The van der Waals surface area contributed by atoms with Gasteiger partial charge in [0.15, 0.2) is 0 Å². The molecule has 1 aromatic heterocycles. The number of aryl methyl sites for hydroxylation is 1. The molecule has 8 nitrogen and oxygen atoms in total. The van der Waals surface area contributed by atoms with Gasteiger partial charge in [0.2, 0.25) is 16.9 Å². The molecule has 206 valence electrons. The molecule has 0 saturated heterocycles. The van der Waals surface area contributed by atoms with Crippen LogP contribution in [0.5, 0.6) is 0 Å². The van der Waals surface area contributed by atoms with Gasteiger partial charge in [-0.15, -0.1) is 10.2 Å². The third-order valence-electron chi connectivity index (χ3n) is 5.41. The molecule has 0 aliphatic carbocycles. The number of hydrogen-bond donors (Lipinski definition) is 4. The van der Waals surface area contributed by atoms with E-state index in [0.717, 1.165) is 35.5 Å². The van der Waals surface area contributed by atoms with Crippen molar-refractivity contribution in [2.75, 3.05) is 5.32 Å². The number of allylic oxidation sites excluding steroid dienone is 3. The van der Waals surface area contributed by atoms with Gasteiger partial charge in [-0.3, -0.25) is 9.59 Å². The van der Waals surface area contributed by atoms with Crippen molar-refractivity contribution in [3.8, 4) is 0 Å². The Kier molecular flexibility index (Phi) is 10.6. The van der Waals surface area contributed by atoms with Gasteiger partial charge >= 0.3 is 6.18 Å². The van der Waals surface area contributed by atoms with Gasteiger partial charge in [-0.05, 0) is 48.6 Å². The Morgan fingerprint density at radius 3 is 2.36 bits per heavy atom. The molecule has 2 amide bonds. The molecule has 0 radical (unpaired) electrons. The Balaban J connectivity index is 1.36. The summed E-state index contributed by atoms with van der Waals surface area (Å²) >= 11 is 1.33. The number of carbonyl (C=O) groups excluding carboxylic acids is 2. The van der Waals surface area contributed by atoms with Gasteiger partial charge in [0.1, 0.15) is 10.8 Å². The third kappa shape index (κ3) is 10.6. The van der Waals surface area contributed by atoms with Gasteiger partial charge in [0, 0.05) is 12.1 Å². The summed E-state index contributed by atoms with van der Waals surface area (Å²) < 4.78 is 38.5. The minimum Gasteiger partial charge on any atom is -0.402 e. The van der Waals surface area contributed by atoms with Crippen LogP contribution in [0.25, 0.3) is 0 Å². The van der Waals surface area contributed by atoms with Crippen molar-refractivity contribution in [1.29, 1.82) is 0 Å². The predicted molar refractivity (Wildman–Crippen MR) is 144 cm³/mol. The van der Waals surface area contributed by atoms with Gasteiger partial charge < -0.3 is 22.1 Å². The Hall–Kier alpha value is -4.19. The maximum Gasteiger partial charge on any atom is 0.416 e. The maximum absolute atomic E-state index is 12.8. The van der Waals surface area contributed by atoms with Crippen LogP contribution in [-0.4, -0.2) is 22.0 Å². The summed E-state index contributed by atoms with van der Waals surface area (Å²) in [6.07, 6.45) is 1.39. The fourth-order valence-electron chi connectivity index (χ4n) is 3.53. The van der Waals surface area contributed by atoms with E-state index in [1.807, 2.05) is 30.3 Å². The summed E-state index contributed by atoms with van der Waals surface area (Å²) in [5, 5.41) is 14.6. The zero-order valence-electron chi connectivity index (χ0n) is 21.0. The van der Waals surface area contributed by atoms with Crippen LogP contribution in [0.1, 0.15) is 41.0 Å². The van der Waals surface area contributed by atoms with E-state index in [1.165, 1.54) is 29.5 Å². The quantitative estimate of drug-likeness (QED) is 0.192. The SMILES string of the molecule is N/C(=C\C=C(/N)NC(=O)Cc1cccc(C(F)(F)F)c1)CCCCc1nnc(NC(=O)Cc2ccccc2)s1. The van der Waals surface area contributed by atoms with Crippen molar-refractivity contribution in [3.63, 3.8) is 0 Å². The number of nitrogens with two attached hydrogens (primary N) is 2. The first-order chi connectivity index (χ1) is 18.6. The lowest BCUT2D eigenvalue weighted by molar-refractivity contribution is -0.137. The standard InChI is InChI=1S/C27H29F3N6O2S/c28-27(29,30)20-10-6-9-19(15-20)17-23(37)33-22(32)14-13-21(31)11-4-5-12-25-35-36-26(39-25)34-24(38)16-18-7-2-1-3-8-18/h1-3,6-10,13-15H,4-5,11-12,16-17,31-32H2,(H,33,37)(H,34,36,38)/b21-13-,22-14+. The third-order valence-corrected chi connectivity index (χ3v) is 6.30. The second-order valence-electron chi connectivity index (χ2n) is 8.71. The average molecular weight is 559 g/mol. The first-order valence-electron chi connectivity index (χ1n) is 12.1. The highest BCUT2D eigenvalue weighted by Gasteiger charge is 2.30. The monoisotopic (exact) mass is 558 g/mol. The molecule has 0 aliphatic heterocycles. The van der Waals surface area contributed by atoms with E-state index in [9.17, 15) is 22.8 Å². The van der Waals surface area contributed by atoms with Crippen LogP contribution in [0, 0.1) is 0 Å². The van der Waals surface area contributed by atoms with Gasteiger partial charge in [-0.1, -0.05) is 59.9 Å². The van der Waals surface area contributed by atoms with Gasteiger partial charge in [0.05, 0.1) is 18.4 Å². The van der Waals surface area contributed by atoms with Crippen LogP contribution < -0.4 is 22.1 Å². The van der Waals surface area contributed by atoms with E-state index >= 15 is 0 Å². The summed E-state index contributed by atoms with van der Waals surface area (Å²) in [4.78, 5) is 24.3. The highest BCUT2D eigenvalue weighted by molar-refractivity contribution is 7.15. The van der Waals surface area contributed by atoms with Crippen molar-refractivity contribution < 1.29 is 22.8 Å². The topological polar surface area (TPSA) is 136 Å². The molecule has 0 fully saturated rings. The van der Waals surface area contributed by atoms with E-state index in [2.05, 4.69) is 20.8 Å². The van der Waals surface area contributed by atoms with E-state index < -0.39 is 17.6 Å². The number of anilines is 1. The molecule has 0 spiro atoms. The van der Waals surface area contributed by atoms with Crippen molar-refractivity contribution in [3.05, 3.63) is 100.0 Å². The molecule has 12 heteroatoms. The van der Waals surface area contributed by atoms with Gasteiger partial charge in [0.25, 0.3) is 0 Å². The zero-order chi connectivity index (χ0) is 28.3. The molecular formula is C27H29F3N6O2S. The summed E-state index contributed by atoms with van der Waals surface area (Å²) in [5.74, 6) is -0.658. The Labute approximate surface area is 228 Å². The number of hydrogen-bond acceptors (Lipinski definition) is 7. The van der Waals surface area contributed by atoms with Crippen molar-refractivity contribution in [1.82, 2.24) is 15.5 Å². The molecule has 3 rings (SSSR count). The fraction of sp³-hybridized carbons (Fsp3) is 0.259. The number of nitrogens with one attached hydrogen (secondary N) is 2. The highest BCUT2D eigenvalue weighted by atomic mass is 32.1. The molecule has 0 bridgehead atoms. The number of alkyl halides is 3. The first kappa shape index (κ1) is 29.4. The lowest BCUT2D eigenvalue weighted by Crippen LogP contribution is -2.28. The molecule has 1 heterocycles. The summed E-state index contributed by atoms with van der Waals surface area (Å²) in [7, 11) is 0. The molecule has 0 aliphatic rings. The minimum atomic E-state index is -4.48. The fourth-order valence-corrected chi connectivity index (χ4v) is 4.32. The molecule has 3 aromatic rings. The molecule has 6 N–H and O–H groups in total. The molecular weight excluding hydrogens is 529 g/mol. The average Bonchev–Trinajstić information content (AvgIpc) is 3.32. The Morgan fingerprint density at radius 2 is 1.62 bits per heavy atom. The number of aromatic nitrogens is 2. The van der Waals surface area contributed by atoms with Crippen LogP contribution in [0.2, 0.25) is 0 Å². The van der Waals surface area contributed by atoms with Crippen LogP contribution in [0.15, 0.2) is 78.3 Å². The van der Waals surface area contributed by atoms with Crippen LogP contribution in [0.4, 0.5) is 18.3 Å². The van der Waals surface area contributed by atoms with E-state index in [-0.39, 0.29) is 30.1 Å². The minimum absolute atomic E-state index is 0.0330. The van der Waals surface area contributed by atoms with Crippen molar-refractivity contribution in [2.24, 2.45) is 11.5 Å². The number of benzene rings is 2. The van der Waals surface area contributed by atoms with Gasteiger partial charge in [-0.25, -0.2) is 0 Å². The summed E-state index contributed by atoms with van der Waals surface area (Å²) in [6.45, 7) is 0. The van der Waals surface area contributed by atoms with E-state index in [0.29, 0.717) is 23.7 Å². The lowest BCUT2D eigenvalue weighted by Gasteiger charge is -2.09. The van der Waals surface area contributed by atoms with Gasteiger partial charge in [-0.2, -0.15) is 13.2 Å². The van der Waals surface area contributed by atoms with E-state index in [1.54, 1.807) is 6.08 Å². The Bertz CT molecular complexity index is 1320. The number of rotatable bonds is 12. The number of halogens is 3. The number of amides is 2. The van der Waals surface area contributed by atoms with E-state index in [4.69, 9.17) is 11.5 Å². The predicted octanol–water partition coefficient (Wildman–Crippen LogP) is 4.45. The molecule has 0 atom stereocenters. The van der Waals surface area contributed by atoms with Crippen molar-refractivity contribution in [2.45, 2.75) is 44.7 Å². The smallest absolute Gasteiger partial charge is 0.402 e.